The Hall–Kier alpha value is 0.0238. The zero-order valence-electron chi connectivity index (χ0n) is 13.1. The highest BCUT2D eigenvalue weighted by Gasteiger charge is 2.56. The van der Waals surface area contributed by atoms with Gasteiger partial charge in [-0.1, -0.05) is 13.8 Å². The molecule has 0 aromatic rings. The molecule has 0 spiro atoms. The van der Waals surface area contributed by atoms with Gasteiger partial charge in [0.2, 0.25) is 0 Å². The second kappa shape index (κ2) is 5.19. The zero-order valence-corrected chi connectivity index (χ0v) is 16.5. The van der Waals surface area contributed by atoms with Crippen molar-refractivity contribution in [1.82, 2.24) is 4.90 Å². The molecule has 1 heterocycles. The standard InChI is InChI=1S/C13H29NO2Si2/c1-7-8-14-11(2,3)9-13(6,18-16-17)10(15)12(14,4)5/h7-9,18H2,1-6,17H3. The predicted molar refractivity (Wildman–Crippen MR) is 82.7 cm³/mol. The van der Waals surface area contributed by atoms with Crippen molar-refractivity contribution >= 4 is 26.0 Å². The zero-order chi connectivity index (χ0) is 14.2. The number of rotatable bonds is 4. The average Bonchev–Trinajstić information content (AvgIpc) is 2.22. The van der Waals surface area contributed by atoms with E-state index in [-0.39, 0.29) is 16.1 Å². The van der Waals surface area contributed by atoms with E-state index < -0.39 is 9.76 Å². The van der Waals surface area contributed by atoms with Crippen LogP contribution < -0.4 is 0 Å². The first-order chi connectivity index (χ1) is 8.12. The van der Waals surface area contributed by atoms with Crippen LogP contribution in [0.15, 0.2) is 0 Å². The molecule has 0 N–H and O–H groups in total. The first-order valence-electron chi connectivity index (χ1n) is 6.93. The third-order valence-electron chi connectivity index (χ3n) is 4.24. The van der Waals surface area contributed by atoms with E-state index in [2.05, 4.69) is 46.4 Å². The number of hydrogen-bond donors (Lipinski definition) is 0. The Morgan fingerprint density at radius 3 is 2.33 bits per heavy atom. The van der Waals surface area contributed by atoms with E-state index in [4.69, 9.17) is 4.12 Å². The molecule has 1 saturated heterocycles. The maximum atomic E-state index is 12.9. The normalized spacial score (nSPS) is 32.4. The van der Waals surface area contributed by atoms with Gasteiger partial charge in [0.25, 0.3) is 0 Å². The lowest BCUT2D eigenvalue weighted by Crippen LogP contribution is -2.67. The van der Waals surface area contributed by atoms with Gasteiger partial charge in [-0.05, 0) is 47.1 Å². The maximum absolute atomic E-state index is 12.9. The quantitative estimate of drug-likeness (QED) is 0.716. The van der Waals surface area contributed by atoms with Gasteiger partial charge < -0.3 is 4.12 Å². The number of piperidine rings is 1. The predicted octanol–water partition coefficient (Wildman–Crippen LogP) is 0.788. The minimum absolute atomic E-state index is 0.0786. The van der Waals surface area contributed by atoms with Crippen molar-refractivity contribution in [3.05, 3.63) is 0 Å². The molecule has 0 radical (unpaired) electrons. The summed E-state index contributed by atoms with van der Waals surface area (Å²) in [6.45, 7) is 14.0. The SMILES string of the molecule is CCCN1C(C)(C)CC(C)([SiH2]O[SiH3])C(=O)C1(C)C. The minimum atomic E-state index is -0.757. The van der Waals surface area contributed by atoms with Crippen LogP contribution in [0.5, 0.6) is 0 Å². The molecule has 18 heavy (non-hydrogen) atoms. The van der Waals surface area contributed by atoms with Crippen molar-refractivity contribution in [2.75, 3.05) is 6.54 Å². The topological polar surface area (TPSA) is 29.5 Å². The molecule has 5 heteroatoms. The van der Waals surface area contributed by atoms with Crippen molar-refractivity contribution in [3.8, 4) is 0 Å². The van der Waals surface area contributed by atoms with Crippen molar-refractivity contribution < 1.29 is 8.91 Å². The summed E-state index contributed by atoms with van der Waals surface area (Å²) in [5.74, 6) is 0.394. The van der Waals surface area contributed by atoms with Crippen molar-refractivity contribution in [1.29, 1.82) is 0 Å². The number of carbonyl (C=O) groups is 1. The number of ketones is 1. The van der Waals surface area contributed by atoms with Crippen LogP contribution in [0.2, 0.25) is 5.04 Å². The number of likely N-dealkylation sites (tertiary alicyclic amines) is 1. The molecule has 1 rings (SSSR count). The van der Waals surface area contributed by atoms with Gasteiger partial charge in [-0.3, -0.25) is 9.69 Å². The van der Waals surface area contributed by atoms with Gasteiger partial charge >= 0.3 is 0 Å². The molecule has 1 aliphatic rings. The average molecular weight is 288 g/mol. The molecule has 0 amide bonds. The molecule has 0 saturated carbocycles. The highest BCUT2D eigenvalue weighted by Crippen LogP contribution is 2.49. The largest absolute Gasteiger partial charge is 0.467 e. The highest BCUT2D eigenvalue weighted by molar-refractivity contribution is 6.46. The highest BCUT2D eigenvalue weighted by atomic mass is 28.3. The summed E-state index contributed by atoms with van der Waals surface area (Å²) >= 11 is 0. The number of carbonyl (C=O) groups excluding carboxylic acids is 1. The third kappa shape index (κ3) is 2.64. The minimum Gasteiger partial charge on any atom is -0.467 e. The van der Waals surface area contributed by atoms with E-state index in [9.17, 15) is 4.79 Å². The summed E-state index contributed by atoms with van der Waals surface area (Å²) in [6, 6.07) is 0. The number of nitrogens with zero attached hydrogens (tertiary/aromatic N) is 1. The Balaban J connectivity index is 3.16. The van der Waals surface area contributed by atoms with E-state index in [1.807, 2.05) is 0 Å². The van der Waals surface area contributed by atoms with Gasteiger partial charge in [-0.25, -0.2) is 0 Å². The Morgan fingerprint density at radius 1 is 1.33 bits per heavy atom. The van der Waals surface area contributed by atoms with Gasteiger partial charge in [0, 0.05) is 10.6 Å². The van der Waals surface area contributed by atoms with Crippen LogP contribution in [0.1, 0.15) is 54.4 Å². The van der Waals surface area contributed by atoms with Crippen LogP contribution in [0.3, 0.4) is 0 Å². The van der Waals surface area contributed by atoms with Crippen LogP contribution in [0, 0.1) is 0 Å². The van der Waals surface area contributed by atoms with Crippen LogP contribution in [-0.2, 0) is 8.91 Å². The molecule has 1 atom stereocenters. The van der Waals surface area contributed by atoms with Crippen LogP contribution in [0.4, 0.5) is 0 Å². The smallest absolute Gasteiger partial charge is 0.159 e. The van der Waals surface area contributed by atoms with E-state index in [0.29, 0.717) is 5.78 Å². The molecule has 0 aromatic carbocycles. The Labute approximate surface area is 117 Å². The summed E-state index contributed by atoms with van der Waals surface area (Å²) in [6.07, 6.45) is 2.03. The van der Waals surface area contributed by atoms with Gasteiger partial charge in [0.05, 0.1) is 5.54 Å². The van der Waals surface area contributed by atoms with Crippen LogP contribution in [0.25, 0.3) is 0 Å². The molecule has 106 valence electrons. The molecule has 1 fully saturated rings. The lowest BCUT2D eigenvalue weighted by atomic mass is 9.72. The molecule has 3 nitrogen and oxygen atoms in total. The molecule has 0 aliphatic carbocycles. The fourth-order valence-corrected chi connectivity index (χ4v) is 7.82. The summed E-state index contributed by atoms with van der Waals surface area (Å²) in [4.78, 5) is 15.3. The van der Waals surface area contributed by atoms with Gasteiger partial charge in [0.1, 0.15) is 10.5 Å². The Bertz CT molecular complexity index is 331. The second-order valence-corrected chi connectivity index (χ2v) is 11.2. The van der Waals surface area contributed by atoms with E-state index in [1.54, 1.807) is 0 Å². The van der Waals surface area contributed by atoms with Gasteiger partial charge in [0.15, 0.2) is 15.5 Å². The molecule has 1 aliphatic heterocycles. The number of hydrogen-bond acceptors (Lipinski definition) is 3. The number of Topliss-reactive ketones (excluding diaryl/α,β-unsaturated/α-hetero) is 1. The third-order valence-corrected chi connectivity index (χ3v) is 6.61. The molecular weight excluding hydrogens is 258 g/mol. The van der Waals surface area contributed by atoms with E-state index in [1.165, 1.54) is 0 Å². The van der Waals surface area contributed by atoms with Crippen molar-refractivity contribution in [2.45, 2.75) is 70.5 Å². The van der Waals surface area contributed by atoms with E-state index >= 15 is 0 Å². The van der Waals surface area contributed by atoms with E-state index in [0.717, 1.165) is 29.9 Å². The summed E-state index contributed by atoms with van der Waals surface area (Å²) in [5.41, 5.74) is -0.283. The van der Waals surface area contributed by atoms with Crippen molar-refractivity contribution in [2.24, 2.45) is 0 Å². The van der Waals surface area contributed by atoms with Crippen LogP contribution in [-0.4, -0.2) is 48.6 Å². The van der Waals surface area contributed by atoms with Crippen molar-refractivity contribution in [3.63, 3.8) is 0 Å². The molecule has 1 unspecified atom stereocenters. The Kier molecular flexibility index (Phi) is 4.64. The summed E-state index contributed by atoms with van der Waals surface area (Å²) in [5, 5.41) is -0.195. The molecule has 0 bridgehead atoms. The second-order valence-electron chi connectivity index (χ2n) is 7.02. The fourth-order valence-electron chi connectivity index (χ4n) is 3.99. The summed E-state index contributed by atoms with van der Waals surface area (Å²) < 4.78 is 5.58. The fraction of sp³-hybridized carbons (Fsp3) is 0.923. The first kappa shape index (κ1) is 16.1. The monoisotopic (exact) mass is 287 g/mol. The maximum Gasteiger partial charge on any atom is 0.159 e. The van der Waals surface area contributed by atoms with Crippen LogP contribution >= 0.6 is 0 Å². The first-order valence-corrected chi connectivity index (χ1v) is 9.03. The summed E-state index contributed by atoms with van der Waals surface area (Å²) in [7, 11) is 0.000924. The van der Waals surface area contributed by atoms with Gasteiger partial charge in [-0.2, -0.15) is 0 Å². The lowest BCUT2D eigenvalue weighted by molar-refractivity contribution is -0.145. The Morgan fingerprint density at radius 2 is 1.89 bits per heavy atom. The molecule has 0 aromatic heterocycles. The lowest BCUT2D eigenvalue weighted by Gasteiger charge is -2.57. The van der Waals surface area contributed by atoms with Gasteiger partial charge in [-0.15, -0.1) is 0 Å². The molecular formula is C13H29NO2Si2.